The predicted octanol–water partition coefficient (Wildman–Crippen LogP) is 2.37. The van der Waals surface area contributed by atoms with Gasteiger partial charge in [0.2, 0.25) is 0 Å². The summed E-state index contributed by atoms with van der Waals surface area (Å²) in [5.41, 5.74) is 12.1. The predicted molar refractivity (Wildman–Crippen MR) is 81.4 cm³/mol. The maximum Gasteiger partial charge on any atom is 0.133 e. The lowest BCUT2D eigenvalue weighted by Gasteiger charge is -2.14. The normalized spacial score (nSPS) is 12.0. The molecule has 0 spiro atoms. The van der Waals surface area contributed by atoms with Gasteiger partial charge in [0.05, 0.1) is 3.57 Å². The molecule has 0 aliphatic heterocycles. The van der Waals surface area contributed by atoms with Crippen LogP contribution in [-0.2, 0) is 0 Å². The lowest BCUT2D eigenvalue weighted by Crippen LogP contribution is -2.15. The highest BCUT2D eigenvalue weighted by Gasteiger charge is 2.13. The molecule has 1 rings (SSSR count). The molecule has 86 valence electrons. The molecule has 0 saturated carbocycles. The van der Waals surface area contributed by atoms with E-state index < -0.39 is 0 Å². The molecular weight excluding hydrogens is 441 g/mol. The van der Waals surface area contributed by atoms with Crippen molar-refractivity contribution in [2.24, 2.45) is 11.5 Å². The van der Waals surface area contributed by atoms with E-state index in [2.05, 4.69) is 45.2 Å². The van der Waals surface area contributed by atoms with Crippen molar-refractivity contribution in [1.29, 1.82) is 0 Å². The van der Waals surface area contributed by atoms with E-state index in [1.54, 1.807) is 0 Å². The molecule has 0 heterocycles. The fraction of sp³-hybridized carbons (Fsp3) is 0.333. The number of aromatic hydroxyl groups is 1. The van der Waals surface area contributed by atoms with Crippen molar-refractivity contribution < 1.29 is 5.11 Å². The molecule has 1 aromatic rings. The van der Waals surface area contributed by atoms with Crippen LogP contribution in [0, 0.1) is 7.14 Å². The molecule has 1 atom stereocenters. The first-order valence-electron chi connectivity index (χ1n) is 4.19. The van der Waals surface area contributed by atoms with Gasteiger partial charge in [-0.05, 0) is 70.3 Å². The minimum absolute atomic E-state index is 0. The first kappa shape index (κ1) is 15.7. The molecule has 1 aromatic carbocycles. The fourth-order valence-electron chi connectivity index (χ4n) is 1.20. The second-order valence-corrected chi connectivity index (χ2v) is 5.42. The first-order chi connectivity index (χ1) is 6.56. The van der Waals surface area contributed by atoms with Gasteiger partial charge in [-0.15, -0.1) is 12.4 Å². The Balaban J connectivity index is 0.00000196. The van der Waals surface area contributed by atoms with Gasteiger partial charge in [-0.2, -0.15) is 0 Å². The van der Waals surface area contributed by atoms with Crippen LogP contribution in [0.5, 0.6) is 5.75 Å². The molecule has 0 aliphatic carbocycles. The largest absolute Gasteiger partial charge is 0.506 e. The maximum absolute atomic E-state index is 9.79. The van der Waals surface area contributed by atoms with Crippen LogP contribution in [-0.4, -0.2) is 11.7 Å². The molecule has 6 heteroatoms. The Morgan fingerprint density at radius 3 is 2.47 bits per heavy atom. The molecule has 0 fully saturated rings. The number of rotatable bonds is 3. The minimum atomic E-state index is -0.178. The minimum Gasteiger partial charge on any atom is -0.506 e. The summed E-state index contributed by atoms with van der Waals surface area (Å²) in [6.45, 7) is 0.530. The molecule has 0 saturated heterocycles. The maximum atomic E-state index is 9.79. The van der Waals surface area contributed by atoms with Gasteiger partial charge in [-0.3, -0.25) is 0 Å². The van der Waals surface area contributed by atoms with Crippen molar-refractivity contribution in [2.75, 3.05) is 6.54 Å². The van der Waals surface area contributed by atoms with Gasteiger partial charge in [0, 0.05) is 15.2 Å². The van der Waals surface area contributed by atoms with Crippen molar-refractivity contribution in [3.63, 3.8) is 0 Å². The van der Waals surface area contributed by atoms with E-state index in [1.165, 1.54) is 0 Å². The second-order valence-electron chi connectivity index (χ2n) is 3.01. The number of hydrogen-bond acceptors (Lipinski definition) is 3. The Hall–Kier alpha value is 0.690. The van der Waals surface area contributed by atoms with Crippen LogP contribution in [0.3, 0.4) is 0 Å². The van der Waals surface area contributed by atoms with E-state index in [-0.39, 0.29) is 24.2 Å². The lowest BCUT2D eigenvalue weighted by atomic mass is 10.0. The summed E-state index contributed by atoms with van der Waals surface area (Å²) in [5, 5.41) is 9.79. The summed E-state index contributed by atoms with van der Waals surface area (Å²) in [4.78, 5) is 0. The zero-order valence-corrected chi connectivity index (χ0v) is 13.0. The quantitative estimate of drug-likeness (QED) is 0.615. The van der Waals surface area contributed by atoms with E-state index in [4.69, 9.17) is 11.5 Å². The molecule has 15 heavy (non-hydrogen) atoms. The highest BCUT2D eigenvalue weighted by Crippen LogP contribution is 2.31. The molecule has 0 aliphatic rings. The summed E-state index contributed by atoms with van der Waals surface area (Å²) in [7, 11) is 0. The van der Waals surface area contributed by atoms with Crippen LogP contribution in [0.4, 0.5) is 0 Å². The van der Waals surface area contributed by atoms with Crippen LogP contribution in [0.2, 0.25) is 0 Å². The van der Waals surface area contributed by atoms with Crippen molar-refractivity contribution in [1.82, 2.24) is 0 Å². The average molecular weight is 454 g/mol. The van der Waals surface area contributed by atoms with Gasteiger partial charge in [-0.1, -0.05) is 0 Å². The molecule has 0 aromatic heterocycles. The molecule has 0 bridgehead atoms. The Bertz CT molecular complexity index is 336. The zero-order chi connectivity index (χ0) is 10.7. The number of phenolic OH excluding ortho intramolecular Hbond substituents is 1. The molecule has 5 N–H and O–H groups in total. The lowest BCUT2D eigenvalue weighted by molar-refractivity contribution is 0.455. The molecule has 0 radical (unpaired) electrons. The zero-order valence-electron chi connectivity index (χ0n) is 7.91. The summed E-state index contributed by atoms with van der Waals surface area (Å²) >= 11 is 4.30. The number of nitrogens with two attached hydrogens (primary N) is 2. The van der Waals surface area contributed by atoms with Gasteiger partial charge in [0.25, 0.3) is 0 Å². The highest BCUT2D eigenvalue weighted by molar-refractivity contribution is 14.1. The third kappa shape index (κ3) is 4.22. The number of phenols is 1. The smallest absolute Gasteiger partial charge is 0.133 e. The SMILES string of the molecule is Cl.NCC[C@H](N)c1cc(I)cc(I)c1O. The van der Waals surface area contributed by atoms with Gasteiger partial charge < -0.3 is 16.6 Å². The summed E-state index contributed by atoms with van der Waals surface area (Å²) in [6, 6.07) is 3.64. The third-order valence-corrected chi connectivity index (χ3v) is 3.38. The Morgan fingerprint density at radius 1 is 1.33 bits per heavy atom. The van der Waals surface area contributed by atoms with E-state index in [9.17, 15) is 5.11 Å². The standard InChI is InChI=1S/C9H12I2N2O.ClH/c10-5-3-6(8(13)1-2-12)9(14)7(11)4-5;/h3-4,8,14H,1-2,12-13H2;1H/t8-;/m0./s1. The van der Waals surface area contributed by atoms with Crippen molar-refractivity contribution in [3.05, 3.63) is 24.8 Å². The number of halogens is 3. The van der Waals surface area contributed by atoms with Crippen LogP contribution >= 0.6 is 57.6 Å². The first-order valence-corrected chi connectivity index (χ1v) is 6.35. The topological polar surface area (TPSA) is 72.3 Å². The molecule has 0 unspecified atom stereocenters. The van der Waals surface area contributed by atoms with Crippen LogP contribution in [0.1, 0.15) is 18.0 Å². The molecule has 0 amide bonds. The van der Waals surface area contributed by atoms with Crippen molar-refractivity contribution in [3.8, 4) is 5.75 Å². The van der Waals surface area contributed by atoms with E-state index >= 15 is 0 Å². The Morgan fingerprint density at radius 2 is 1.93 bits per heavy atom. The summed E-state index contributed by atoms with van der Waals surface area (Å²) in [5.74, 6) is 0.284. The van der Waals surface area contributed by atoms with Gasteiger partial charge >= 0.3 is 0 Å². The van der Waals surface area contributed by atoms with E-state index in [0.29, 0.717) is 13.0 Å². The van der Waals surface area contributed by atoms with Crippen LogP contribution in [0.25, 0.3) is 0 Å². The van der Waals surface area contributed by atoms with Gasteiger partial charge in [0.1, 0.15) is 5.75 Å². The summed E-state index contributed by atoms with van der Waals surface area (Å²) in [6.07, 6.45) is 0.684. The average Bonchev–Trinajstić information content (AvgIpc) is 2.11. The van der Waals surface area contributed by atoms with Crippen molar-refractivity contribution >= 4 is 57.6 Å². The van der Waals surface area contributed by atoms with Gasteiger partial charge in [0.15, 0.2) is 0 Å². The number of hydrogen-bond donors (Lipinski definition) is 3. The van der Waals surface area contributed by atoms with Crippen LogP contribution < -0.4 is 11.5 Å². The highest BCUT2D eigenvalue weighted by atomic mass is 127. The monoisotopic (exact) mass is 454 g/mol. The summed E-state index contributed by atoms with van der Waals surface area (Å²) < 4.78 is 1.91. The van der Waals surface area contributed by atoms with E-state index in [1.807, 2.05) is 12.1 Å². The molecule has 3 nitrogen and oxygen atoms in total. The molecular formula is C9H13ClI2N2O. The third-order valence-electron chi connectivity index (χ3n) is 1.93. The fourth-order valence-corrected chi connectivity index (χ4v) is 3.09. The van der Waals surface area contributed by atoms with Crippen molar-refractivity contribution in [2.45, 2.75) is 12.5 Å². The van der Waals surface area contributed by atoms with E-state index in [0.717, 1.165) is 12.7 Å². The van der Waals surface area contributed by atoms with Crippen LogP contribution in [0.15, 0.2) is 12.1 Å². The van der Waals surface area contributed by atoms with Gasteiger partial charge in [-0.25, -0.2) is 0 Å². The Labute approximate surface area is 123 Å². The second kappa shape index (κ2) is 7.10. The number of benzene rings is 1. The Kier molecular flexibility index (Phi) is 7.43.